The Balaban J connectivity index is 0.00000208. The van der Waals surface area contributed by atoms with E-state index in [2.05, 4.69) is 23.2 Å². The number of para-hydroxylation sites is 2. The number of ether oxygens (including phenoxy) is 1. The number of amides is 1. The Morgan fingerprint density at radius 1 is 1.21 bits per heavy atom. The Hall–Kier alpha value is -1.46. The number of carbonyl (C=O) groups is 1. The van der Waals surface area contributed by atoms with Gasteiger partial charge in [0, 0.05) is 32.7 Å². The molecule has 2 heterocycles. The molecule has 0 aromatic heterocycles. The lowest BCUT2D eigenvalue weighted by atomic mass is 9.96. The van der Waals surface area contributed by atoms with Gasteiger partial charge in [0.05, 0.1) is 18.2 Å². The topological polar surface area (TPSA) is 44.8 Å². The van der Waals surface area contributed by atoms with Gasteiger partial charge in [-0.1, -0.05) is 19.1 Å². The van der Waals surface area contributed by atoms with Crippen LogP contribution in [0.4, 0.5) is 5.69 Å². The van der Waals surface area contributed by atoms with E-state index in [1.54, 1.807) is 0 Å². The van der Waals surface area contributed by atoms with Crippen LogP contribution in [0.1, 0.15) is 13.8 Å². The van der Waals surface area contributed by atoms with Crippen LogP contribution in [0.2, 0.25) is 0 Å². The van der Waals surface area contributed by atoms with Gasteiger partial charge in [0.1, 0.15) is 5.75 Å². The molecule has 6 heteroatoms. The molecule has 2 aliphatic rings. The summed E-state index contributed by atoms with van der Waals surface area (Å²) in [6, 6.07) is 8.16. The Bertz CT molecular complexity index is 547. The third-order valence-electron chi connectivity index (χ3n) is 4.93. The average molecular weight is 354 g/mol. The third kappa shape index (κ3) is 3.95. The van der Waals surface area contributed by atoms with E-state index >= 15 is 0 Å². The highest BCUT2D eigenvalue weighted by atomic mass is 35.5. The lowest BCUT2D eigenvalue weighted by Gasteiger charge is -2.38. The lowest BCUT2D eigenvalue weighted by molar-refractivity contribution is -0.136. The van der Waals surface area contributed by atoms with Gasteiger partial charge in [-0.25, -0.2) is 0 Å². The number of nitrogens with one attached hydrogen (secondary N) is 1. The van der Waals surface area contributed by atoms with Crippen LogP contribution < -0.4 is 15.0 Å². The first-order chi connectivity index (χ1) is 11.2. The van der Waals surface area contributed by atoms with Crippen molar-refractivity contribution in [2.24, 2.45) is 11.8 Å². The smallest absolute Gasteiger partial charge is 0.227 e. The summed E-state index contributed by atoms with van der Waals surface area (Å²) >= 11 is 0. The summed E-state index contributed by atoms with van der Waals surface area (Å²) in [6.45, 7) is 9.94. The van der Waals surface area contributed by atoms with Gasteiger partial charge in [0.2, 0.25) is 5.91 Å². The number of halogens is 1. The Kier molecular flexibility index (Phi) is 6.75. The van der Waals surface area contributed by atoms with Crippen molar-refractivity contribution in [2.45, 2.75) is 13.8 Å². The van der Waals surface area contributed by atoms with Crippen LogP contribution in [-0.2, 0) is 4.79 Å². The van der Waals surface area contributed by atoms with Crippen molar-refractivity contribution < 1.29 is 9.53 Å². The van der Waals surface area contributed by atoms with Crippen molar-refractivity contribution in [2.75, 3.05) is 50.8 Å². The van der Waals surface area contributed by atoms with Crippen LogP contribution in [0.3, 0.4) is 0 Å². The minimum atomic E-state index is 0. The molecule has 3 rings (SSSR count). The van der Waals surface area contributed by atoms with E-state index in [4.69, 9.17) is 4.74 Å². The fraction of sp³-hybridized carbons (Fsp3) is 0.611. The molecule has 1 amide bonds. The monoisotopic (exact) mass is 353 g/mol. The summed E-state index contributed by atoms with van der Waals surface area (Å²) in [5, 5.41) is 3.32. The molecule has 0 bridgehead atoms. The van der Waals surface area contributed by atoms with Gasteiger partial charge in [-0.05, 0) is 31.5 Å². The number of rotatable bonds is 4. The highest BCUT2D eigenvalue weighted by Gasteiger charge is 2.34. The standard InChI is InChI=1S/C18H27N3O2.ClH/c1-3-23-17-7-5-4-6-16(17)20-8-10-21(11-9-20)18(22)15-13-19-12-14(15)2;/h4-7,14-15,19H,3,8-13H2,1-2H3;1H/t14-,15-;/m1./s1. The molecule has 1 aromatic rings. The van der Waals surface area contributed by atoms with Crippen molar-refractivity contribution in [3.63, 3.8) is 0 Å². The molecule has 0 spiro atoms. The predicted molar refractivity (Wildman–Crippen MR) is 99.2 cm³/mol. The van der Waals surface area contributed by atoms with Crippen molar-refractivity contribution >= 4 is 24.0 Å². The SMILES string of the molecule is CCOc1ccccc1N1CCN(C(=O)[C@@H]2CNC[C@H]2C)CC1.Cl. The van der Waals surface area contributed by atoms with Crippen LogP contribution in [-0.4, -0.2) is 56.7 Å². The van der Waals surface area contributed by atoms with E-state index in [1.807, 2.05) is 30.0 Å². The van der Waals surface area contributed by atoms with Crippen LogP contribution in [0.15, 0.2) is 24.3 Å². The molecular formula is C18H28ClN3O2. The number of carbonyl (C=O) groups excluding carboxylic acids is 1. The van der Waals surface area contributed by atoms with E-state index in [-0.39, 0.29) is 18.3 Å². The van der Waals surface area contributed by atoms with Gasteiger partial charge in [-0.3, -0.25) is 4.79 Å². The van der Waals surface area contributed by atoms with E-state index in [0.29, 0.717) is 18.4 Å². The second kappa shape index (κ2) is 8.58. The molecule has 1 aromatic carbocycles. The molecule has 0 radical (unpaired) electrons. The van der Waals surface area contributed by atoms with Crippen molar-refractivity contribution in [3.05, 3.63) is 24.3 Å². The zero-order valence-electron chi connectivity index (χ0n) is 14.5. The maximum absolute atomic E-state index is 12.7. The number of hydrogen-bond donors (Lipinski definition) is 1. The van der Waals surface area contributed by atoms with Crippen molar-refractivity contribution in [1.29, 1.82) is 0 Å². The lowest BCUT2D eigenvalue weighted by Crippen LogP contribution is -2.51. The van der Waals surface area contributed by atoms with Gasteiger partial charge in [-0.15, -0.1) is 12.4 Å². The van der Waals surface area contributed by atoms with E-state index in [1.165, 1.54) is 0 Å². The van der Waals surface area contributed by atoms with Gasteiger partial charge >= 0.3 is 0 Å². The number of anilines is 1. The second-order valence-electron chi connectivity index (χ2n) is 6.46. The van der Waals surface area contributed by atoms with Gasteiger partial charge < -0.3 is 19.9 Å². The molecule has 24 heavy (non-hydrogen) atoms. The van der Waals surface area contributed by atoms with Crippen LogP contribution in [0, 0.1) is 11.8 Å². The van der Waals surface area contributed by atoms with Gasteiger partial charge in [0.15, 0.2) is 0 Å². The van der Waals surface area contributed by atoms with E-state index in [9.17, 15) is 4.79 Å². The second-order valence-corrected chi connectivity index (χ2v) is 6.46. The maximum atomic E-state index is 12.7. The first kappa shape index (κ1) is 18.9. The Morgan fingerprint density at radius 3 is 2.54 bits per heavy atom. The predicted octanol–water partition coefficient (Wildman–Crippen LogP) is 2.01. The fourth-order valence-corrected chi connectivity index (χ4v) is 3.54. The van der Waals surface area contributed by atoms with Gasteiger partial charge in [0.25, 0.3) is 0 Å². The Morgan fingerprint density at radius 2 is 1.92 bits per heavy atom. The highest BCUT2D eigenvalue weighted by molar-refractivity contribution is 5.85. The molecule has 2 atom stereocenters. The zero-order chi connectivity index (χ0) is 16.2. The quantitative estimate of drug-likeness (QED) is 0.899. The maximum Gasteiger partial charge on any atom is 0.227 e. The molecule has 134 valence electrons. The number of benzene rings is 1. The fourth-order valence-electron chi connectivity index (χ4n) is 3.54. The van der Waals surface area contributed by atoms with E-state index in [0.717, 1.165) is 50.7 Å². The molecule has 2 fully saturated rings. The Labute approximate surface area is 150 Å². The molecule has 5 nitrogen and oxygen atoms in total. The largest absolute Gasteiger partial charge is 0.492 e. The molecule has 0 unspecified atom stereocenters. The minimum Gasteiger partial charge on any atom is -0.492 e. The van der Waals surface area contributed by atoms with E-state index < -0.39 is 0 Å². The number of nitrogens with zero attached hydrogens (tertiary/aromatic N) is 2. The summed E-state index contributed by atoms with van der Waals surface area (Å²) in [5.74, 6) is 1.85. The van der Waals surface area contributed by atoms with Crippen LogP contribution in [0.5, 0.6) is 5.75 Å². The first-order valence-corrected chi connectivity index (χ1v) is 8.67. The van der Waals surface area contributed by atoms with Crippen molar-refractivity contribution in [3.8, 4) is 5.75 Å². The van der Waals surface area contributed by atoms with Crippen molar-refractivity contribution in [1.82, 2.24) is 10.2 Å². The van der Waals surface area contributed by atoms with Crippen LogP contribution in [0.25, 0.3) is 0 Å². The molecule has 2 saturated heterocycles. The zero-order valence-corrected chi connectivity index (χ0v) is 15.3. The van der Waals surface area contributed by atoms with Gasteiger partial charge in [-0.2, -0.15) is 0 Å². The summed E-state index contributed by atoms with van der Waals surface area (Å²) in [7, 11) is 0. The summed E-state index contributed by atoms with van der Waals surface area (Å²) < 4.78 is 5.73. The summed E-state index contributed by atoms with van der Waals surface area (Å²) in [5.41, 5.74) is 1.14. The number of piperazine rings is 1. The van der Waals surface area contributed by atoms with Crippen LogP contribution >= 0.6 is 12.4 Å². The molecule has 2 aliphatic heterocycles. The first-order valence-electron chi connectivity index (χ1n) is 8.67. The molecule has 0 aliphatic carbocycles. The molecule has 1 N–H and O–H groups in total. The molecular weight excluding hydrogens is 326 g/mol. The third-order valence-corrected chi connectivity index (χ3v) is 4.93. The summed E-state index contributed by atoms with van der Waals surface area (Å²) in [6.07, 6.45) is 0. The molecule has 0 saturated carbocycles. The number of hydrogen-bond acceptors (Lipinski definition) is 4. The normalized spacial score (nSPS) is 23.8. The highest BCUT2D eigenvalue weighted by Crippen LogP contribution is 2.29. The minimum absolute atomic E-state index is 0. The summed E-state index contributed by atoms with van der Waals surface area (Å²) in [4.78, 5) is 17.0. The average Bonchev–Trinajstić information content (AvgIpc) is 3.01.